The fourth-order valence-corrected chi connectivity index (χ4v) is 4.98. The molecule has 1 aliphatic heterocycles. The fourth-order valence-electron chi connectivity index (χ4n) is 3.75. The highest BCUT2D eigenvalue weighted by molar-refractivity contribution is 7.19. The Labute approximate surface area is 161 Å². The molecular weight excluding hydrogens is 356 g/mol. The van der Waals surface area contributed by atoms with Crippen molar-refractivity contribution in [1.29, 1.82) is 0 Å². The number of aryl methyl sites for hydroxylation is 2. The van der Waals surface area contributed by atoms with Crippen LogP contribution < -0.4 is 10.2 Å². The van der Waals surface area contributed by atoms with Gasteiger partial charge in [0.2, 0.25) is 0 Å². The van der Waals surface area contributed by atoms with Crippen molar-refractivity contribution in [3.05, 3.63) is 52.2 Å². The van der Waals surface area contributed by atoms with E-state index in [1.165, 1.54) is 23.3 Å². The standard InChI is InChI=1S/C21H20N4OS/c1-13-15(10-14-6-2-4-8-17(14)26-13)11-24-25-20-19-16-7-3-5-9-18(16)27-21(19)23-12-22-20/h2,4,6,8,10-13H,3,5,7,9H2,1H3,(H,22,23,25)/b24-11-/t13-/m0/s1. The van der Waals surface area contributed by atoms with E-state index in [1.807, 2.05) is 37.4 Å². The Morgan fingerprint density at radius 3 is 3.07 bits per heavy atom. The molecule has 2 aliphatic rings. The van der Waals surface area contributed by atoms with E-state index in [4.69, 9.17) is 4.74 Å². The molecule has 0 unspecified atom stereocenters. The van der Waals surface area contributed by atoms with Gasteiger partial charge >= 0.3 is 0 Å². The van der Waals surface area contributed by atoms with E-state index in [0.29, 0.717) is 0 Å². The van der Waals surface area contributed by atoms with E-state index in [9.17, 15) is 0 Å². The Morgan fingerprint density at radius 1 is 1.22 bits per heavy atom. The zero-order valence-electron chi connectivity index (χ0n) is 15.1. The number of thiophene rings is 1. The maximum Gasteiger partial charge on any atom is 0.158 e. The molecule has 3 heterocycles. The molecule has 6 heteroatoms. The number of fused-ring (bicyclic) bond motifs is 4. The number of nitrogens with zero attached hydrogens (tertiary/aromatic N) is 3. The normalized spacial score (nSPS) is 18.7. The first-order chi connectivity index (χ1) is 13.3. The Kier molecular flexibility index (Phi) is 4.13. The quantitative estimate of drug-likeness (QED) is 0.525. The monoisotopic (exact) mass is 376 g/mol. The summed E-state index contributed by atoms with van der Waals surface area (Å²) >= 11 is 1.79. The number of hydrogen-bond donors (Lipinski definition) is 1. The molecule has 0 spiro atoms. The van der Waals surface area contributed by atoms with Crippen LogP contribution in [0.15, 0.2) is 41.3 Å². The average molecular weight is 376 g/mol. The number of hydrogen-bond acceptors (Lipinski definition) is 6. The Morgan fingerprint density at radius 2 is 2.11 bits per heavy atom. The maximum absolute atomic E-state index is 5.97. The lowest BCUT2D eigenvalue weighted by atomic mass is 9.97. The van der Waals surface area contributed by atoms with Crippen molar-refractivity contribution in [1.82, 2.24) is 9.97 Å². The molecule has 3 aromatic rings. The van der Waals surface area contributed by atoms with Gasteiger partial charge in [-0.3, -0.25) is 5.43 Å². The number of benzene rings is 1. The van der Waals surface area contributed by atoms with Crippen molar-refractivity contribution in [3.63, 3.8) is 0 Å². The highest BCUT2D eigenvalue weighted by atomic mass is 32.1. The van der Waals surface area contributed by atoms with Gasteiger partial charge in [-0.1, -0.05) is 18.2 Å². The molecule has 136 valence electrons. The third kappa shape index (κ3) is 3.00. The Hall–Kier alpha value is -2.73. The van der Waals surface area contributed by atoms with Gasteiger partial charge in [0.05, 0.1) is 11.6 Å². The van der Waals surface area contributed by atoms with E-state index >= 15 is 0 Å². The van der Waals surface area contributed by atoms with Crippen molar-refractivity contribution in [2.75, 3.05) is 5.43 Å². The van der Waals surface area contributed by atoms with Crippen molar-refractivity contribution in [3.8, 4) is 5.75 Å². The summed E-state index contributed by atoms with van der Waals surface area (Å²) in [6.07, 6.45) is 10.3. The van der Waals surface area contributed by atoms with E-state index < -0.39 is 0 Å². The van der Waals surface area contributed by atoms with Gasteiger partial charge in [0, 0.05) is 16.0 Å². The number of aromatic nitrogens is 2. The van der Waals surface area contributed by atoms with Crippen LogP contribution in [0.3, 0.4) is 0 Å². The second-order valence-corrected chi connectivity index (χ2v) is 8.01. The Bertz CT molecular complexity index is 1070. The molecule has 27 heavy (non-hydrogen) atoms. The van der Waals surface area contributed by atoms with Gasteiger partial charge in [-0.2, -0.15) is 5.10 Å². The molecule has 2 aromatic heterocycles. The molecule has 0 saturated heterocycles. The van der Waals surface area contributed by atoms with Crippen LogP contribution in [0.1, 0.15) is 35.8 Å². The Balaban J connectivity index is 1.43. The minimum Gasteiger partial charge on any atom is -0.485 e. The van der Waals surface area contributed by atoms with E-state index in [1.54, 1.807) is 17.7 Å². The highest BCUT2D eigenvalue weighted by Gasteiger charge is 2.20. The van der Waals surface area contributed by atoms with Crippen LogP contribution in [0, 0.1) is 0 Å². The number of para-hydroxylation sites is 1. The topological polar surface area (TPSA) is 59.4 Å². The molecule has 5 nitrogen and oxygen atoms in total. The van der Waals surface area contributed by atoms with Gasteiger partial charge in [0.15, 0.2) is 5.82 Å². The number of anilines is 1. The van der Waals surface area contributed by atoms with Crippen molar-refractivity contribution < 1.29 is 4.74 Å². The second kappa shape index (κ2) is 6.78. The fraction of sp³-hybridized carbons (Fsp3) is 0.286. The SMILES string of the molecule is C[C@@H]1Oc2ccccc2C=C1/C=N\Nc1ncnc2sc3c(c12)CCCC3. The summed E-state index contributed by atoms with van der Waals surface area (Å²) in [5.41, 5.74) is 6.65. The molecule has 5 rings (SSSR count). The van der Waals surface area contributed by atoms with Crippen molar-refractivity contribution >= 4 is 39.7 Å². The summed E-state index contributed by atoms with van der Waals surface area (Å²) in [6.45, 7) is 2.03. The first-order valence-electron chi connectivity index (χ1n) is 9.31. The van der Waals surface area contributed by atoms with Gasteiger partial charge in [-0.15, -0.1) is 11.3 Å². The number of ether oxygens (including phenoxy) is 1. The van der Waals surface area contributed by atoms with Crippen LogP contribution in [-0.4, -0.2) is 22.3 Å². The summed E-state index contributed by atoms with van der Waals surface area (Å²) in [7, 11) is 0. The van der Waals surface area contributed by atoms with Crippen LogP contribution in [0.2, 0.25) is 0 Å². The zero-order chi connectivity index (χ0) is 18.2. The molecule has 1 N–H and O–H groups in total. The van der Waals surface area contributed by atoms with E-state index in [0.717, 1.165) is 45.8 Å². The second-order valence-electron chi connectivity index (χ2n) is 6.93. The average Bonchev–Trinajstić information content (AvgIpc) is 3.08. The predicted molar refractivity (Wildman–Crippen MR) is 111 cm³/mol. The summed E-state index contributed by atoms with van der Waals surface area (Å²) in [5.74, 6) is 1.71. The van der Waals surface area contributed by atoms with Crippen LogP contribution >= 0.6 is 11.3 Å². The number of nitrogens with one attached hydrogen (secondary N) is 1. The van der Waals surface area contributed by atoms with Gasteiger partial charge in [-0.05, 0) is 50.3 Å². The molecule has 1 aromatic carbocycles. The summed E-state index contributed by atoms with van der Waals surface area (Å²) < 4.78 is 5.97. The molecule has 0 saturated carbocycles. The highest BCUT2D eigenvalue weighted by Crippen LogP contribution is 2.38. The van der Waals surface area contributed by atoms with Gasteiger partial charge < -0.3 is 4.74 Å². The molecule has 0 fully saturated rings. The lowest BCUT2D eigenvalue weighted by molar-refractivity contribution is 0.260. The molecule has 0 bridgehead atoms. The predicted octanol–water partition coefficient (Wildman–Crippen LogP) is 4.83. The van der Waals surface area contributed by atoms with E-state index in [-0.39, 0.29) is 6.10 Å². The largest absolute Gasteiger partial charge is 0.485 e. The minimum absolute atomic E-state index is 0.0372. The molecule has 1 aliphatic carbocycles. The van der Waals surface area contributed by atoms with Crippen molar-refractivity contribution in [2.45, 2.75) is 38.7 Å². The van der Waals surface area contributed by atoms with Crippen LogP contribution in [0.5, 0.6) is 5.75 Å². The maximum atomic E-state index is 5.97. The molecule has 0 radical (unpaired) electrons. The molecule has 0 amide bonds. The lowest BCUT2D eigenvalue weighted by Gasteiger charge is -2.22. The summed E-state index contributed by atoms with van der Waals surface area (Å²) in [5, 5.41) is 5.60. The third-order valence-corrected chi connectivity index (χ3v) is 6.35. The van der Waals surface area contributed by atoms with Gasteiger partial charge in [0.1, 0.15) is 23.0 Å². The van der Waals surface area contributed by atoms with Gasteiger partial charge in [0.25, 0.3) is 0 Å². The first-order valence-corrected chi connectivity index (χ1v) is 10.1. The number of rotatable bonds is 3. The molecular formula is C21H20N4OS. The summed E-state index contributed by atoms with van der Waals surface area (Å²) in [6, 6.07) is 8.04. The first kappa shape index (κ1) is 16.4. The lowest BCUT2D eigenvalue weighted by Crippen LogP contribution is -2.19. The smallest absolute Gasteiger partial charge is 0.158 e. The van der Waals surface area contributed by atoms with E-state index in [2.05, 4.69) is 26.6 Å². The zero-order valence-corrected chi connectivity index (χ0v) is 15.9. The van der Waals surface area contributed by atoms with Crippen LogP contribution in [0.4, 0.5) is 5.82 Å². The van der Waals surface area contributed by atoms with Crippen molar-refractivity contribution in [2.24, 2.45) is 5.10 Å². The van der Waals surface area contributed by atoms with Crippen LogP contribution in [0.25, 0.3) is 16.3 Å². The number of hydrazone groups is 1. The summed E-state index contributed by atoms with van der Waals surface area (Å²) in [4.78, 5) is 11.4. The third-order valence-electron chi connectivity index (χ3n) is 5.15. The molecule has 1 atom stereocenters. The minimum atomic E-state index is -0.0372. The van der Waals surface area contributed by atoms with Crippen LogP contribution in [-0.2, 0) is 12.8 Å². The van der Waals surface area contributed by atoms with Gasteiger partial charge in [-0.25, -0.2) is 9.97 Å².